The molecule has 0 radical (unpaired) electrons. The Kier molecular flexibility index (Phi) is 9.87. The van der Waals surface area contributed by atoms with E-state index in [1.807, 2.05) is 24.3 Å². The standard InChI is InChI=1S/C12H17BrN2O.2ClH/c13-11-1-3-12(4-2-11)16-10-9-15-7-5-14-6-8-15;;/h1-4,14H,5-10H2;2*1H. The van der Waals surface area contributed by atoms with Crippen molar-refractivity contribution in [2.75, 3.05) is 39.3 Å². The number of piperazine rings is 1. The van der Waals surface area contributed by atoms with Crippen LogP contribution < -0.4 is 10.1 Å². The molecule has 1 saturated heterocycles. The molecule has 1 aliphatic heterocycles. The third-order valence-corrected chi connectivity index (χ3v) is 3.23. The Labute approximate surface area is 129 Å². The number of hydrogen-bond donors (Lipinski definition) is 1. The summed E-state index contributed by atoms with van der Waals surface area (Å²) >= 11 is 3.41. The molecule has 1 aromatic carbocycles. The van der Waals surface area contributed by atoms with Crippen LogP contribution >= 0.6 is 40.7 Å². The van der Waals surface area contributed by atoms with Crippen LogP contribution in [-0.2, 0) is 0 Å². The SMILES string of the molecule is Brc1ccc(OCCN2CCNCC2)cc1.Cl.Cl. The second kappa shape index (κ2) is 9.87. The maximum absolute atomic E-state index is 5.68. The lowest BCUT2D eigenvalue weighted by Crippen LogP contribution is -2.44. The minimum absolute atomic E-state index is 0. The van der Waals surface area contributed by atoms with Gasteiger partial charge >= 0.3 is 0 Å². The van der Waals surface area contributed by atoms with Gasteiger partial charge in [0.1, 0.15) is 12.4 Å². The average Bonchev–Trinajstić information content (AvgIpc) is 2.33. The molecular formula is C12H19BrCl2N2O. The summed E-state index contributed by atoms with van der Waals surface area (Å²) in [5, 5.41) is 3.34. The Morgan fingerprint density at radius 2 is 1.72 bits per heavy atom. The van der Waals surface area contributed by atoms with Gasteiger partial charge in [0, 0.05) is 37.2 Å². The molecule has 1 aliphatic rings. The monoisotopic (exact) mass is 356 g/mol. The van der Waals surface area contributed by atoms with Crippen molar-refractivity contribution in [2.24, 2.45) is 0 Å². The summed E-state index contributed by atoms with van der Waals surface area (Å²) < 4.78 is 6.77. The number of rotatable bonds is 4. The van der Waals surface area contributed by atoms with Crippen LogP contribution in [0.3, 0.4) is 0 Å². The third-order valence-electron chi connectivity index (χ3n) is 2.70. The first-order chi connectivity index (χ1) is 7.84. The molecule has 1 heterocycles. The molecule has 0 aliphatic carbocycles. The first-order valence-electron chi connectivity index (χ1n) is 5.66. The van der Waals surface area contributed by atoms with Gasteiger partial charge in [-0.3, -0.25) is 4.90 Å². The van der Waals surface area contributed by atoms with Crippen LogP contribution in [0, 0.1) is 0 Å². The van der Waals surface area contributed by atoms with Gasteiger partial charge in [0.05, 0.1) is 0 Å². The number of nitrogens with one attached hydrogen (secondary N) is 1. The summed E-state index contributed by atoms with van der Waals surface area (Å²) in [5.74, 6) is 0.943. The van der Waals surface area contributed by atoms with Gasteiger partial charge < -0.3 is 10.1 Å². The average molecular weight is 358 g/mol. The molecule has 104 valence electrons. The third kappa shape index (κ3) is 6.25. The molecule has 6 heteroatoms. The quantitative estimate of drug-likeness (QED) is 0.896. The highest BCUT2D eigenvalue weighted by molar-refractivity contribution is 9.10. The van der Waals surface area contributed by atoms with Crippen LogP contribution in [0.15, 0.2) is 28.7 Å². The van der Waals surface area contributed by atoms with Gasteiger partial charge in [-0.25, -0.2) is 0 Å². The van der Waals surface area contributed by atoms with Crippen molar-refractivity contribution in [3.63, 3.8) is 0 Å². The van der Waals surface area contributed by atoms with Crippen molar-refractivity contribution in [3.05, 3.63) is 28.7 Å². The van der Waals surface area contributed by atoms with E-state index in [2.05, 4.69) is 26.1 Å². The predicted molar refractivity (Wildman–Crippen MR) is 83.4 cm³/mol. The Morgan fingerprint density at radius 3 is 2.33 bits per heavy atom. The van der Waals surface area contributed by atoms with E-state index in [9.17, 15) is 0 Å². The number of halogens is 3. The largest absolute Gasteiger partial charge is 0.492 e. The van der Waals surface area contributed by atoms with Crippen molar-refractivity contribution < 1.29 is 4.74 Å². The van der Waals surface area contributed by atoms with Crippen LogP contribution in [0.2, 0.25) is 0 Å². The Balaban J connectivity index is 0.00000144. The molecule has 0 spiro atoms. The van der Waals surface area contributed by atoms with Crippen molar-refractivity contribution >= 4 is 40.7 Å². The van der Waals surface area contributed by atoms with E-state index in [0.29, 0.717) is 0 Å². The molecule has 3 nitrogen and oxygen atoms in total. The Hall–Kier alpha value is -0.000000000000000111. The van der Waals surface area contributed by atoms with Gasteiger partial charge in [0.25, 0.3) is 0 Å². The number of benzene rings is 1. The minimum Gasteiger partial charge on any atom is -0.492 e. The maximum atomic E-state index is 5.68. The molecule has 0 unspecified atom stereocenters. The molecule has 1 aromatic rings. The zero-order valence-electron chi connectivity index (χ0n) is 10.1. The van der Waals surface area contributed by atoms with E-state index in [4.69, 9.17) is 4.74 Å². The molecule has 0 amide bonds. The fourth-order valence-corrected chi connectivity index (χ4v) is 2.02. The normalized spacial score (nSPS) is 15.4. The summed E-state index contributed by atoms with van der Waals surface area (Å²) in [6.45, 7) is 6.23. The lowest BCUT2D eigenvalue weighted by molar-refractivity contribution is 0.191. The van der Waals surface area contributed by atoms with Gasteiger partial charge in [-0.1, -0.05) is 15.9 Å². The van der Waals surface area contributed by atoms with E-state index < -0.39 is 0 Å². The molecule has 18 heavy (non-hydrogen) atoms. The van der Waals surface area contributed by atoms with Crippen molar-refractivity contribution in [1.29, 1.82) is 0 Å². The molecule has 0 saturated carbocycles. The van der Waals surface area contributed by atoms with Gasteiger partial charge in [-0.05, 0) is 24.3 Å². The highest BCUT2D eigenvalue weighted by Gasteiger charge is 2.08. The van der Waals surface area contributed by atoms with Gasteiger partial charge in [-0.2, -0.15) is 0 Å². The van der Waals surface area contributed by atoms with E-state index in [1.165, 1.54) is 0 Å². The minimum atomic E-state index is 0. The van der Waals surface area contributed by atoms with Crippen molar-refractivity contribution in [1.82, 2.24) is 10.2 Å². The molecule has 2 rings (SSSR count). The van der Waals surface area contributed by atoms with Crippen LogP contribution in [-0.4, -0.2) is 44.2 Å². The van der Waals surface area contributed by atoms with Crippen LogP contribution in [0.4, 0.5) is 0 Å². The Morgan fingerprint density at radius 1 is 1.11 bits per heavy atom. The summed E-state index contributed by atoms with van der Waals surface area (Å²) in [4.78, 5) is 2.43. The van der Waals surface area contributed by atoms with E-state index >= 15 is 0 Å². The molecule has 0 aromatic heterocycles. The molecule has 0 bridgehead atoms. The number of ether oxygens (including phenoxy) is 1. The summed E-state index contributed by atoms with van der Waals surface area (Å²) in [6, 6.07) is 7.98. The maximum Gasteiger partial charge on any atom is 0.119 e. The van der Waals surface area contributed by atoms with Crippen molar-refractivity contribution in [2.45, 2.75) is 0 Å². The summed E-state index contributed by atoms with van der Waals surface area (Å²) in [7, 11) is 0. The van der Waals surface area contributed by atoms with Gasteiger partial charge in [0.2, 0.25) is 0 Å². The molecule has 1 fully saturated rings. The molecule has 0 atom stereocenters. The highest BCUT2D eigenvalue weighted by atomic mass is 79.9. The Bertz CT molecular complexity index is 318. The van der Waals surface area contributed by atoms with Gasteiger partial charge in [0.15, 0.2) is 0 Å². The first kappa shape index (κ1) is 18.0. The van der Waals surface area contributed by atoms with Crippen LogP contribution in [0.1, 0.15) is 0 Å². The molecular weight excluding hydrogens is 339 g/mol. The zero-order chi connectivity index (χ0) is 11.2. The second-order valence-corrected chi connectivity index (χ2v) is 4.81. The van der Waals surface area contributed by atoms with Crippen molar-refractivity contribution in [3.8, 4) is 5.75 Å². The first-order valence-corrected chi connectivity index (χ1v) is 6.45. The smallest absolute Gasteiger partial charge is 0.119 e. The fraction of sp³-hybridized carbons (Fsp3) is 0.500. The molecule has 1 N–H and O–H groups in total. The number of nitrogens with zero attached hydrogens (tertiary/aromatic N) is 1. The van der Waals surface area contributed by atoms with E-state index in [-0.39, 0.29) is 24.8 Å². The zero-order valence-corrected chi connectivity index (χ0v) is 13.3. The lowest BCUT2D eigenvalue weighted by atomic mass is 10.3. The predicted octanol–water partition coefficient (Wildman–Crippen LogP) is 2.58. The highest BCUT2D eigenvalue weighted by Crippen LogP contribution is 2.15. The van der Waals surface area contributed by atoms with Gasteiger partial charge in [-0.15, -0.1) is 24.8 Å². The summed E-state index contributed by atoms with van der Waals surface area (Å²) in [5.41, 5.74) is 0. The lowest BCUT2D eigenvalue weighted by Gasteiger charge is -2.26. The topological polar surface area (TPSA) is 24.5 Å². The van der Waals surface area contributed by atoms with E-state index in [0.717, 1.165) is 49.6 Å². The van der Waals surface area contributed by atoms with Crippen LogP contribution in [0.5, 0.6) is 5.75 Å². The fourth-order valence-electron chi connectivity index (χ4n) is 1.76. The van der Waals surface area contributed by atoms with Crippen LogP contribution in [0.25, 0.3) is 0 Å². The summed E-state index contributed by atoms with van der Waals surface area (Å²) in [6.07, 6.45) is 0. The second-order valence-electron chi connectivity index (χ2n) is 3.89. The number of hydrogen-bond acceptors (Lipinski definition) is 3. The van der Waals surface area contributed by atoms with E-state index in [1.54, 1.807) is 0 Å².